The van der Waals surface area contributed by atoms with E-state index in [4.69, 9.17) is 14.2 Å². The van der Waals surface area contributed by atoms with Gasteiger partial charge in [0.15, 0.2) is 12.5 Å². The van der Waals surface area contributed by atoms with Crippen LogP contribution in [0.4, 0.5) is 11.5 Å². The van der Waals surface area contributed by atoms with Crippen LogP contribution < -0.4 is 20.1 Å². The third-order valence-corrected chi connectivity index (χ3v) is 6.53. The van der Waals surface area contributed by atoms with E-state index in [9.17, 15) is 4.79 Å². The van der Waals surface area contributed by atoms with Crippen LogP contribution in [0.15, 0.2) is 73.8 Å². The third kappa shape index (κ3) is 5.40. The summed E-state index contributed by atoms with van der Waals surface area (Å²) in [5.41, 5.74) is 4.66. The molecule has 11 nitrogen and oxygen atoms in total. The molecule has 1 aliphatic heterocycles. The van der Waals surface area contributed by atoms with Crippen molar-refractivity contribution in [1.29, 1.82) is 0 Å². The Labute approximate surface area is 229 Å². The Morgan fingerprint density at radius 3 is 2.90 bits per heavy atom. The number of hydrogen-bond acceptors (Lipinski definition) is 10. The van der Waals surface area contributed by atoms with Gasteiger partial charge in [0.25, 0.3) is 0 Å². The zero-order chi connectivity index (χ0) is 27.5. The molecule has 202 valence electrons. The first-order valence-corrected chi connectivity index (χ1v) is 12.8. The molecule has 1 fully saturated rings. The number of aryl methyl sites for hydroxylation is 1. The Bertz CT molecular complexity index is 1710. The smallest absolute Gasteiger partial charge is 0.331 e. The first kappa shape index (κ1) is 25.3. The molecule has 0 radical (unpaired) electrons. The lowest BCUT2D eigenvalue weighted by molar-refractivity contribution is -0.141. The molecule has 0 amide bonds. The van der Waals surface area contributed by atoms with Gasteiger partial charge in [0.1, 0.15) is 29.4 Å². The van der Waals surface area contributed by atoms with Gasteiger partial charge in [-0.15, -0.1) is 0 Å². The van der Waals surface area contributed by atoms with E-state index < -0.39 is 5.97 Å². The van der Waals surface area contributed by atoms with E-state index in [-0.39, 0.29) is 12.8 Å². The summed E-state index contributed by atoms with van der Waals surface area (Å²) in [6.07, 6.45) is 5.32. The molecular weight excluding hydrogens is 510 g/mol. The number of carbonyl (C=O) groups is 1. The van der Waals surface area contributed by atoms with Crippen LogP contribution in [0.5, 0.6) is 17.4 Å². The third-order valence-electron chi connectivity index (χ3n) is 6.53. The number of aromatic nitrogens is 5. The minimum Gasteiger partial charge on any atom is -0.473 e. The Morgan fingerprint density at radius 1 is 1.15 bits per heavy atom. The summed E-state index contributed by atoms with van der Waals surface area (Å²) < 4.78 is 19.0. The van der Waals surface area contributed by atoms with Crippen LogP contribution >= 0.6 is 0 Å². The number of pyridine rings is 1. The summed E-state index contributed by atoms with van der Waals surface area (Å²) >= 11 is 0. The topological polar surface area (TPSA) is 125 Å². The van der Waals surface area contributed by atoms with Gasteiger partial charge in [-0.3, -0.25) is 4.57 Å². The van der Waals surface area contributed by atoms with Gasteiger partial charge < -0.3 is 24.8 Å². The van der Waals surface area contributed by atoms with E-state index in [0.717, 1.165) is 53.4 Å². The maximum Gasteiger partial charge on any atom is 0.331 e. The highest BCUT2D eigenvalue weighted by atomic mass is 16.5. The van der Waals surface area contributed by atoms with E-state index >= 15 is 0 Å². The normalized spacial score (nSPS) is 14.8. The first-order valence-electron chi connectivity index (χ1n) is 12.8. The van der Waals surface area contributed by atoms with Gasteiger partial charge in [-0.05, 0) is 61.9 Å². The fourth-order valence-electron chi connectivity index (χ4n) is 4.49. The quantitative estimate of drug-likeness (QED) is 0.203. The lowest BCUT2D eigenvalue weighted by atomic mass is 10.2. The van der Waals surface area contributed by atoms with Gasteiger partial charge in [-0.2, -0.15) is 0 Å². The Kier molecular flexibility index (Phi) is 6.94. The second kappa shape index (κ2) is 11.0. The van der Waals surface area contributed by atoms with Crippen molar-refractivity contribution in [2.75, 3.05) is 18.4 Å². The predicted octanol–water partition coefficient (Wildman–Crippen LogP) is 4.65. The first-order chi connectivity index (χ1) is 19.6. The van der Waals surface area contributed by atoms with Gasteiger partial charge in [-0.1, -0.05) is 6.58 Å². The lowest BCUT2D eigenvalue weighted by Gasteiger charge is -2.14. The largest absolute Gasteiger partial charge is 0.473 e. The number of nitrogens with zero attached hydrogens (tertiary/aromatic N) is 5. The standard InChI is InChI=1S/C29H27N7O4/c1-3-27(37)38-17-36-16-33-23-13-20(5-7-24(23)36)39-25-8-4-19(12-18(25)2)34-29-28-22(31-15-32-29)6-9-26(35-28)40-21-10-11-30-14-21/h3-9,12-13,15-16,21,30H,1,10-11,14,17H2,2H3,(H,31,32,34)/t21-/m0/s1. The maximum atomic E-state index is 11.4. The number of hydrogen-bond donors (Lipinski definition) is 2. The molecule has 0 saturated carbocycles. The van der Waals surface area contributed by atoms with Crippen molar-refractivity contribution in [1.82, 2.24) is 29.8 Å². The van der Waals surface area contributed by atoms with Crippen molar-refractivity contribution >= 4 is 39.5 Å². The van der Waals surface area contributed by atoms with Crippen molar-refractivity contribution in [3.8, 4) is 17.4 Å². The second-order valence-electron chi connectivity index (χ2n) is 9.34. The monoisotopic (exact) mass is 537 g/mol. The Morgan fingerprint density at radius 2 is 2.08 bits per heavy atom. The van der Waals surface area contributed by atoms with Crippen molar-refractivity contribution < 1.29 is 19.0 Å². The molecule has 0 bridgehead atoms. The van der Waals surface area contributed by atoms with Crippen molar-refractivity contribution in [3.63, 3.8) is 0 Å². The van der Waals surface area contributed by atoms with E-state index in [1.807, 2.05) is 55.5 Å². The van der Waals surface area contributed by atoms with Crippen LogP contribution in [-0.2, 0) is 16.3 Å². The number of anilines is 2. The summed E-state index contributed by atoms with van der Waals surface area (Å²) in [5.74, 6) is 2.00. The number of imidazole rings is 1. The average molecular weight is 538 g/mol. The molecule has 0 aliphatic carbocycles. The molecule has 40 heavy (non-hydrogen) atoms. The van der Waals surface area contributed by atoms with Crippen molar-refractivity contribution in [2.45, 2.75) is 26.2 Å². The SMILES string of the molecule is C=CC(=O)OCn1cnc2cc(Oc3ccc(Nc4ncnc5ccc(O[C@H]6CCNC6)nc45)cc3C)ccc21. The van der Waals surface area contributed by atoms with Gasteiger partial charge in [0, 0.05) is 30.4 Å². The molecule has 1 aliphatic rings. The van der Waals surface area contributed by atoms with E-state index in [1.54, 1.807) is 10.9 Å². The minimum atomic E-state index is -0.491. The van der Waals surface area contributed by atoms with E-state index in [1.165, 1.54) is 6.33 Å². The molecule has 2 N–H and O–H groups in total. The molecule has 0 spiro atoms. The molecule has 5 aromatic rings. The highest BCUT2D eigenvalue weighted by molar-refractivity contribution is 5.87. The highest BCUT2D eigenvalue weighted by Crippen LogP contribution is 2.31. The van der Waals surface area contributed by atoms with Crippen LogP contribution in [0.25, 0.3) is 22.1 Å². The average Bonchev–Trinajstić information content (AvgIpc) is 3.63. The summed E-state index contributed by atoms with van der Waals surface area (Å²) in [6.45, 7) is 7.19. The van der Waals surface area contributed by atoms with Crippen LogP contribution in [0, 0.1) is 6.92 Å². The van der Waals surface area contributed by atoms with Crippen molar-refractivity contribution in [2.24, 2.45) is 0 Å². The summed E-state index contributed by atoms with van der Waals surface area (Å²) in [4.78, 5) is 29.2. The van der Waals surface area contributed by atoms with Crippen LogP contribution in [0.3, 0.4) is 0 Å². The molecule has 2 aromatic carbocycles. The highest BCUT2D eigenvalue weighted by Gasteiger charge is 2.17. The fourth-order valence-corrected chi connectivity index (χ4v) is 4.49. The maximum absolute atomic E-state index is 11.4. The Hall–Kier alpha value is -5.03. The molecule has 1 saturated heterocycles. The zero-order valence-electron chi connectivity index (χ0n) is 21.8. The number of rotatable bonds is 9. The molecule has 1 atom stereocenters. The molecule has 11 heteroatoms. The molecule has 0 unspecified atom stereocenters. The van der Waals surface area contributed by atoms with E-state index in [0.29, 0.717) is 28.7 Å². The lowest BCUT2D eigenvalue weighted by Crippen LogP contribution is -2.20. The summed E-state index contributed by atoms with van der Waals surface area (Å²) in [7, 11) is 0. The van der Waals surface area contributed by atoms with Crippen molar-refractivity contribution in [3.05, 3.63) is 79.4 Å². The number of benzene rings is 2. The molecule has 3 aromatic heterocycles. The molecule has 4 heterocycles. The van der Waals surface area contributed by atoms with Gasteiger partial charge in [0.2, 0.25) is 5.88 Å². The van der Waals surface area contributed by atoms with Crippen LogP contribution in [0.1, 0.15) is 12.0 Å². The van der Waals surface area contributed by atoms with Crippen LogP contribution in [0.2, 0.25) is 0 Å². The molecular formula is C29H27N7O4. The number of carbonyl (C=O) groups excluding carboxylic acids is 1. The summed E-state index contributed by atoms with van der Waals surface area (Å²) in [6, 6.07) is 15.1. The molecule has 6 rings (SSSR count). The number of fused-ring (bicyclic) bond motifs is 2. The van der Waals surface area contributed by atoms with Crippen LogP contribution in [-0.4, -0.2) is 49.7 Å². The summed E-state index contributed by atoms with van der Waals surface area (Å²) in [5, 5.41) is 6.65. The zero-order valence-corrected chi connectivity index (χ0v) is 21.8. The minimum absolute atomic E-state index is 0.0542. The number of esters is 1. The van der Waals surface area contributed by atoms with E-state index in [2.05, 4.69) is 37.1 Å². The van der Waals surface area contributed by atoms with Gasteiger partial charge in [-0.25, -0.2) is 24.7 Å². The second-order valence-corrected chi connectivity index (χ2v) is 9.34. The predicted molar refractivity (Wildman–Crippen MR) is 150 cm³/mol. The number of nitrogens with one attached hydrogen (secondary N) is 2. The fraction of sp³-hybridized carbons (Fsp3) is 0.207. The van der Waals surface area contributed by atoms with Gasteiger partial charge >= 0.3 is 5.97 Å². The van der Waals surface area contributed by atoms with Gasteiger partial charge in [0.05, 0.1) is 22.9 Å². The Balaban J connectivity index is 1.17. The number of ether oxygens (including phenoxy) is 3.